The van der Waals surface area contributed by atoms with Crippen molar-refractivity contribution in [3.05, 3.63) is 18.2 Å². The lowest BCUT2D eigenvalue weighted by molar-refractivity contribution is 0.278. The molecule has 2 heterocycles. The summed E-state index contributed by atoms with van der Waals surface area (Å²) in [4.78, 5) is 0.259. The molecule has 0 saturated carbocycles. The first-order chi connectivity index (χ1) is 9.63. The fraction of sp³-hybridized carbons (Fsp3) is 0.500. The molecule has 0 atom stereocenters. The van der Waals surface area contributed by atoms with E-state index in [4.69, 9.17) is 5.73 Å². The lowest BCUT2D eigenvalue weighted by atomic mass is 9.99. The monoisotopic (exact) mass is 312 g/mol. The van der Waals surface area contributed by atoms with Crippen LogP contribution in [0.2, 0.25) is 0 Å². The number of nitrogens with two attached hydrogens (primary N) is 1. The van der Waals surface area contributed by atoms with E-state index in [-0.39, 0.29) is 4.90 Å². The summed E-state index contributed by atoms with van der Waals surface area (Å²) < 4.78 is 35.2. The number of sulfonamides is 1. The normalized spacial score (nSPS) is 18.6. The second-order valence-corrected chi connectivity index (χ2v) is 7.41. The summed E-state index contributed by atoms with van der Waals surface area (Å²) in [5.41, 5.74) is 6.75. The summed E-state index contributed by atoms with van der Waals surface area (Å²) in [5, 5.41) is 0. The summed E-state index contributed by atoms with van der Waals surface area (Å²) in [6, 6.07) is 5.09. The van der Waals surface area contributed by atoms with Crippen LogP contribution >= 0.6 is 11.7 Å². The van der Waals surface area contributed by atoms with Crippen LogP contribution in [0.25, 0.3) is 11.0 Å². The number of aromatic nitrogens is 2. The molecule has 108 valence electrons. The molecule has 1 aromatic heterocycles. The fourth-order valence-corrected chi connectivity index (χ4v) is 4.74. The molecule has 1 aromatic carbocycles. The third-order valence-electron chi connectivity index (χ3n) is 3.77. The summed E-state index contributed by atoms with van der Waals surface area (Å²) in [5.74, 6) is 0.429. The van der Waals surface area contributed by atoms with E-state index in [1.165, 1.54) is 4.31 Å². The third-order valence-corrected chi connectivity index (χ3v) is 6.25. The zero-order valence-corrected chi connectivity index (χ0v) is 12.5. The van der Waals surface area contributed by atoms with Gasteiger partial charge in [-0.1, -0.05) is 6.07 Å². The molecule has 0 spiro atoms. The molecule has 1 saturated heterocycles. The van der Waals surface area contributed by atoms with Gasteiger partial charge in [0.05, 0.1) is 11.7 Å². The molecule has 8 heteroatoms. The Bertz CT molecular complexity index is 705. The van der Waals surface area contributed by atoms with E-state index in [0.717, 1.165) is 24.6 Å². The highest BCUT2D eigenvalue weighted by atomic mass is 32.2. The maximum absolute atomic E-state index is 12.7. The zero-order valence-electron chi connectivity index (χ0n) is 10.9. The van der Waals surface area contributed by atoms with Crippen LogP contribution in [0, 0.1) is 5.92 Å². The Morgan fingerprint density at radius 1 is 1.30 bits per heavy atom. The van der Waals surface area contributed by atoms with Crippen LogP contribution in [0.3, 0.4) is 0 Å². The summed E-state index contributed by atoms with van der Waals surface area (Å²) in [6.07, 6.45) is 1.64. The number of nitrogens with zero attached hydrogens (tertiary/aromatic N) is 3. The maximum atomic E-state index is 12.7. The molecule has 0 aliphatic carbocycles. The average molecular weight is 312 g/mol. The summed E-state index contributed by atoms with van der Waals surface area (Å²) in [7, 11) is -3.49. The first-order valence-corrected chi connectivity index (χ1v) is 8.71. The van der Waals surface area contributed by atoms with Crippen molar-refractivity contribution in [3.63, 3.8) is 0 Å². The molecular formula is C12H16N4O2S2. The molecule has 1 fully saturated rings. The molecule has 0 unspecified atom stereocenters. The summed E-state index contributed by atoms with van der Waals surface area (Å²) in [6.45, 7) is 1.68. The van der Waals surface area contributed by atoms with Crippen molar-refractivity contribution >= 4 is 32.8 Å². The van der Waals surface area contributed by atoms with Crippen LogP contribution in [0.5, 0.6) is 0 Å². The highest BCUT2D eigenvalue weighted by Gasteiger charge is 2.30. The van der Waals surface area contributed by atoms with Gasteiger partial charge in [0.2, 0.25) is 10.0 Å². The van der Waals surface area contributed by atoms with Crippen molar-refractivity contribution in [3.8, 4) is 0 Å². The lowest BCUT2D eigenvalue weighted by Crippen LogP contribution is -2.40. The Morgan fingerprint density at radius 2 is 2.05 bits per heavy atom. The number of rotatable bonds is 3. The second kappa shape index (κ2) is 5.36. The molecule has 1 aliphatic rings. The topological polar surface area (TPSA) is 89.2 Å². The van der Waals surface area contributed by atoms with Gasteiger partial charge in [0, 0.05) is 13.1 Å². The first kappa shape index (κ1) is 13.9. The smallest absolute Gasteiger partial charge is 0.245 e. The third kappa shape index (κ3) is 2.32. The van der Waals surface area contributed by atoms with Crippen molar-refractivity contribution in [2.24, 2.45) is 11.7 Å². The minimum Gasteiger partial charge on any atom is -0.330 e. The van der Waals surface area contributed by atoms with Crippen molar-refractivity contribution < 1.29 is 8.42 Å². The molecule has 20 heavy (non-hydrogen) atoms. The molecule has 0 amide bonds. The van der Waals surface area contributed by atoms with E-state index >= 15 is 0 Å². The predicted octanol–water partition coefficient (Wildman–Crippen LogP) is 1.05. The predicted molar refractivity (Wildman–Crippen MR) is 78.0 cm³/mol. The van der Waals surface area contributed by atoms with Gasteiger partial charge in [0.1, 0.15) is 15.9 Å². The van der Waals surface area contributed by atoms with E-state index in [1.54, 1.807) is 18.2 Å². The van der Waals surface area contributed by atoms with Gasteiger partial charge < -0.3 is 5.73 Å². The number of benzene rings is 1. The molecule has 2 aromatic rings. The van der Waals surface area contributed by atoms with Crippen molar-refractivity contribution in [2.75, 3.05) is 19.6 Å². The Kier molecular flexibility index (Phi) is 3.72. The average Bonchev–Trinajstić information content (AvgIpc) is 2.95. The molecule has 0 bridgehead atoms. The van der Waals surface area contributed by atoms with Gasteiger partial charge in [-0.15, -0.1) is 0 Å². The standard InChI is InChI=1S/C12H16N4O2S2/c13-8-9-4-6-16(7-5-9)20(17,18)11-3-1-2-10-12(11)15-19-14-10/h1-3,9H,4-8,13H2. The largest absolute Gasteiger partial charge is 0.330 e. The summed E-state index contributed by atoms with van der Waals surface area (Å²) >= 11 is 1.03. The molecule has 1 aliphatic heterocycles. The Labute approximate surface area is 122 Å². The number of fused-ring (bicyclic) bond motifs is 1. The first-order valence-electron chi connectivity index (χ1n) is 6.54. The Balaban J connectivity index is 1.94. The SMILES string of the molecule is NCC1CCN(S(=O)(=O)c2cccc3nsnc23)CC1. The minimum absolute atomic E-state index is 0.259. The Hall–Kier alpha value is -1.09. The van der Waals surface area contributed by atoms with Crippen LogP contribution in [0.4, 0.5) is 0 Å². The number of hydrogen-bond acceptors (Lipinski definition) is 6. The van der Waals surface area contributed by atoms with Gasteiger partial charge in [-0.05, 0) is 37.4 Å². The van der Waals surface area contributed by atoms with Crippen molar-refractivity contribution in [1.82, 2.24) is 13.1 Å². The van der Waals surface area contributed by atoms with E-state index < -0.39 is 10.0 Å². The van der Waals surface area contributed by atoms with Crippen LogP contribution in [0.1, 0.15) is 12.8 Å². The number of piperidine rings is 1. The maximum Gasteiger partial charge on any atom is 0.245 e. The minimum atomic E-state index is -3.49. The van der Waals surface area contributed by atoms with Crippen LogP contribution in [-0.4, -0.2) is 41.1 Å². The Morgan fingerprint density at radius 3 is 2.75 bits per heavy atom. The quantitative estimate of drug-likeness (QED) is 0.915. The van der Waals surface area contributed by atoms with Crippen LogP contribution < -0.4 is 5.73 Å². The van der Waals surface area contributed by atoms with Gasteiger partial charge in [0.15, 0.2) is 0 Å². The van der Waals surface area contributed by atoms with Gasteiger partial charge in [0.25, 0.3) is 0 Å². The van der Waals surface area contributed by atoms with Gasteiger partial charge in [-0.2, -0.15) is 13.1 Å². The lowest BCUT2D eigenvalue weighted by Gasteiger charge is -2.30. The van der Waals surface area contributed by atoms with Crippen LogP contribution in [0.15, 0.2) is 23.1 Å². The fourth-order valence-electron chi connectivity index (χ4n) is 2.51. The van der Waals surface area contributed by atoms with E-state index in [1.807, 2.05) is 0 Å². The molecular weight excluding hydrogens is 296 g/mol. The van der Waals surface area contributed by atoms with Gasteiger partial charge in [-0.3, -0.25) is 0 Å². The highest BCUT2D eigenvalue weighted by Crippen LogP contribution is 2.27. The molecule has 0 radical (unpaired) electrons. The van der Waals surface area contributed by atoms with Crippen LogP contribution in [-0.2, 0) is 10.0 Å². The molecule has 6 nitrogen and oxygen atoms in total. The van der Waals surface area contributed by atoms with E-state index in [9.17, 15) is 8.42 Å². The highest BCUT2D eigenvalue weighted by molar-refractivity contribution is 7.89. The van der Waals surface area contributed by atoms with Gasteiger partial charge >= 0.3 is 0 Å². The van der Waals surface area contributed by atoms with E-state index in [0.29, 0.717) is 36.6 Å². The number of hydrogen-bond donors (Lipinski definition) is 1. The molecule has 3 rings (SSSR count). The van der Waals surface area contributed by atoms with Gasteiger partial charge in [-0.25, -0.2) is 8.42 Å². The van der Waals surface area contributed by atoms with Crippen molar-refractivity contribution in [2.45, 2.75) is 17.7 Å². The molecule has 2 N–H and O–H groups in total. The van der Waals surface area contributed by atoms with E-state index in [2.05, 4.69) is 8.75 Å². The van der Waals surface area contributed by atoms with Crippen molar-refractivity contribution in [1.29, 1.82) is 0 Å². The zero-order chi connectivity index (χ0) is 14.2. The second-order valence-electron chi connectivity index (χ2n) is 4.97.